The zero-order valence-corrected chi connectivity index (χ0v) is 21.0. The Bertz CT molecular complexity index is 1560. The van der Waals surface area contributed by atoms with Crippen LogP contribution in [0.25, 0.3) is 33.2 Å². The molecule has 192 valence electrons. The molecule has 0 aliphatic heterocycles. The monoisotopic (exact) mass is 508 g/mol. The highest BCUT2D eigenvalue weighted by atomic mass is 19.4. The Morgan fingerprint density at radius 3 is 2.43 bits per heavy atom. The van der Waals surface area contributed by atoms with Crippen molar-refractivity contribution in [2.45, 2.75) is 51.4 Å². The highest BCUT2D eigenvalue weighted by Gasteiger charge is 2.31. The molecule has 37 heavy (non-hydrogen) atoms. The molecular weight excluding hydrogens is 481 g/mol. The molecule has 5 rings (SSSR count). The van der Waals surface area contributed by atoms with E-state index in [4.69, 9.17) is 4.98 Å². The van der Waals surface area contributed by atoms with Crippen molar-refractivity contribution < 1.29 is 18.3 Å². The summed E-state index contributed by atoms with van der Waals surface area (Å²) < 4.78 is 43.9. The van der Waals surface area contributed by atoms with Crippen LogP contribution < -0.4 is 0 Å². The predicted molar refractivity (Wildman–Crippen MR) is 135 cm³/mol. The molecule has 0 fully saturated rings. The summed E-state index contributed by atoms with van der Waals surface area (Å²) in [7, 11) is 1.78. The van der Waals surface area contributed by atoms with E-state index >= 15 is 0 Å². The maximum Gasteiger partial charge on any atom is 0.389 e. The van der Waals surface area contributed by atoms with Gasteiger partial charge in [0.15, 0.2) is 0 Å². The van der Waals surface area contributed by atoms with Gasteiger partial charge in [0.05, 0.1) is 45.3 Å². The second-order valence-corrected chi connectivity index (χ2v) is 9.82. The molecule has 0 aliphatic carbocycles. The molecule has 0 spiro atoms. The van der Waals surface area contributed by atoms with E-state index in [2.05, 4.69) is 15.3 Å². The van der Waals surface area contributed by atoms with Crippen molar-refractivity contribution in [3.8, 4) is 11.3 Å². The maximum atomic E-state index is 13.5. The number of pyridine rings is 2. The first kappa shape index (κ1) is 24.9. The Hall–Kier alpha value is -3.79. The number of alkyl halides is 3. The summed E-state index contributed by atoms with van der Waals surface area (Å²) >= 11 is 0. The van der Waals surface area contributed by atoms with E-state index in [1.54, 1.807) is 56.2 Å². The molecule has 0 saturated heterocycles. The molecule has 1 atom stereocenters. The first-order valence-corrected chi connectivity index (χ1v) is 11.9. The number of rotatable bonds is 6. The highest BCUT2D eigenvalue weighted by molar-refractivity contribution is 6.07. The number of aryl methyl sites for hydroxylation is 2. The molecule has 4 heterocycles. The number of hydrogen-bond acceptors (Lipinski definition) is 5. The van der Waals surface area contributed by atoms with Crippen LogP contribution in [0.5, 0.6) is 0 Å². The highest BCUT2D eigenvalue weighted by Crippen LogP contribution is 2.39. The van der Waals surface area contributed by atoms with Gasteiger partial charge in [-0.2, -0.15) is 13.2 Å². The molecule has 1 aromatic carbocycles. The van der Waals surface area contributed by atoms with Crippen LogP contribution in [0.15, 0.2) is 54.9 Å². The molecular formula is C27H27F3N6O. The fourth-order valence-corrected chi connectivity index (χ4v) is 4.89. The number of hydrogen-bond donors (Lipinski definition) is 1. The molecule has 10 heteroatoms. The van der Waals surface area contributed by atoms with Crippen LogP contribution in [0.2, 0.25) is 0 Å². The normalized spacial score (nSPS) is 13.5. The zero-order valence-electron chi connectivity index (χ0n) is 21.0. The average Bonchev–Trinajstić information content (AvgIpc) is 3.34. The van der Waals surface area contributed by atoms with Gasteiger partial charge >= 0.3 is 6.18 Å². The third-order valence-corrected chi connectivity index (χ3v) is 6.66. The van der Waals surface area contributed by atoms with E-state index in [9.17, 15) is 18.3 Å². The summed E-state index contributed by atoms with van der Waals surface area (Å²) in [5, 5.41) is 19.7. The first-order valence-electron chi connectivity index (χ1n) is 11.9. The van der Waals surface area contributed by atoms with Gasteiger partial charge in [0, 0.05) is 36.8 Å². The lowest BCUT2D eigenvalue weighted by atomic mass is 9.97. The van der Waals surface area contributed by atoms with Crippen molar-refractivity contribution in [3.63, 3.8) is 0 Å². The molecule has 0 amide bonds. The van der Waals surface area contributed by atoms with Gasteiger partial charge in [-0.3, -0.25) is 9.97 Å². The maximum absolute atomic E-state index is 13.5. The lowest BCUT2D eigenvalue weighted by Crippen LogP contribution is -2.18. The molecule has 0 radical (unpaired) electrons. The number of aromatic nitrogens is 6. The fraction of sp³-hybridized carbons (Fsp3) is 0.333. The lowest BCUT2D eigenvalue weighted by Gasteiger charge is -2.23. The summed E-state index contributed by atoms with van der Waals surface area (Å²) in [6.45, 7) is 5.20. The SMILES string of the molecule is Cc1nnn(C)c1-c1cnc2c3ccc(C(C)(C)O)cc3n(C(CCC(F)(F)F)c3ccccn3)c2c1. The minimum Gasteiger partial charge on any atom is -0.386 e. The van der Waals surface area contributed by atoms with Crippen LogP contribution in [-0.2, 0) is 12.6 Å². The zero-order chi connectivity index (χ0) is 26.5. The Labute approximate surface area is 211 Å². The fourth-order valence-electron chi connectivity index (χ4n) is 4.89. The average molecular weight is 509 g/mol. The van der Waals surface area contributed by atoms with Crippen molar-refractivity contribution in [1.29, 1.82) is 0 Å². The summed E-state index contributed by atoms with van der Waals surface area (Å²) in [5.74, 6) is 0. The topological polar surface area (TPSA) is 81.6 Å². The Balaban J connectivity index is 1.84. The molecule has 7 nitrogen and oxygen atoms in total. The molecule has 1 unspecified atom stereocenters. The smallest absolute Gasteiger partial charge is 0.386 e. The van der Waals surface area contributed by atoms with Crippen LogP contribution in [0.4, 0.5) is 13.2 Å². The van der Waals surface area contributed by atoms with E-state index in [-0.39, 0.29) is 6.42 Å². The van der Waals surface area contributed by atoms with Gasteiger partial charge in [0.2, 0.25) is 0 Å². The summed E-state index contributed by atoms with van der Waals surface area (Å²) in [5.41, 5.74) is 4.26. The van der Waals surface area contributed by atoms with Crippen LogP contribution >= 0.6 is 0 Å². The van der Waals surface area contributed by atoms with Gasteiger partial charge in [-0.15, -0.1) is 5.10 Å². The Morgan fingerprint density at radius 1 is 1.03 bits per heavy atom. The largest absolute Gasteiger partial charge is 0.389 e. The summed E-state index contributed by atoms with van der Waals surface area (Å²) in [4.78, 5) is 9.19. The summed E-state index contributed by atoms with van der Waals surface area (Å²) in [6, 6.07) is 12.0. The van der Waals surface area contributed by atoms with Crippen LogP contribution in [0.3, 0.4) is 0 Å². The minimum absolute atomic E-state index is 0.206. The van der Waals surface area contributed by atoms with E-state index in [1.165, 1.54) is 0 Å². The van der Waals surface area contributed by atoms with Crippen molar-refractivity contribution >= 4 is 21.9 Å². The van der Waals surface area contributed by atoms with Crippen LogP contribution in [0.1, 0.15) is 49.7 Å². The molecule has 0 saturated carbocycles. The lowest BCUT2D eigenvalue weighted by molar-refractivity contribution is -0.136. The van der Waals surface area contributed by atoms with E-state index < -0.39 is 24.2 Å². The van der Waals surface area contributed by atoms with Crippen molar-refractivity contribution in [1.82, 2.24) is 29.5 Å². The Morgan fingerprint density at radius 2 is 1.81 bits per heavy atom. The standard InChI is InChI=1S/C27H27F3N6O/c1-16-25(35(4)34-33-16)17-13-23-24(32-15-17)19-9-8-18(26(2,3)37)14-22(19)36(23)21(10-11-27(28,29)30)20-7-5-6-12-31-20/h5-9,12-15,21,37H,10-11H2,1-4H3. The second kappa shape index (κ2) is 8.95. The van der Waals surface area contributed by atoms with Gasteiger partial charge in [0.25, 0.3) is 0 Å². The number of aliphatic hydroxyl groups is 1. The van der Waals surface area contributed by atoms with Crippen LogP contribution in [0, 0.1) is 6.92 Å². The third kappa shape index (κ3) is 4.69. The molecule has 5 aromatic rings. The number of benzene rings is 1. The Kier molecular flexibility index (Phi) is 6.02. The predicted octanol–water partition coefficient (Wildman–Crippen LogP) is 5.85. The van der Waals surface area contributed by atoms with Crippen molar-refractivity contribution in [2.75, 3.05) is 0 Å². The number of halogens is 3. The minimum atomic E-state index is -4.33. The molecule has 0 aliphatic rings. The van der Waals surface area contributed by atoms with E-state index in [0.29, 0.717) is 33.5 Å². The van der Waals surface area contributed by atoms with Crippen LogP contribution in [-0.4, -0.2) is 40.8 Å². The van der Waals surface area contributed by atoms with Gasteiger partial charge in [-0.25, -0.2) is 4.68 Å². The van der Waals surface area contributed by atoms with Crippen molar-refractivity contribution in [3.05, 3.63) is 71.8 Å². The molecule has 4 aromatic heterocycles. The summed E-state index contributed by atoms with van der Waals surface area (Å²) in [6.07, 6.45) is -2.19. The van der Waals surface area contributed by atoms with E-state index in [1.807, 2.05) is 35.8 Å². The first-order chi connectivity index (χ1) is 17.4. The van der Waals surface area contributed by atoms with Crippen molar-refractivity contribution in [2.24, 2.45) is 7.05 Å². The molecule has 1 N–H and O–H groups in total. The second-order valence-electron chi connectivity index (χ2n) is 9.82. The van der Waals surface area contributed by atoms with Gasteiger partial charge in [0.1, 0.15) is 0 Å². The third-order valence-electron chi connectivity index (χ3n) is 6.66. The van der Waals surface area contributed by atoms with E-state index in [0.717, 1.165) is 16.6 Å². The number of fused-ring (bicyclic) bond motifs is 3. The van der Waals surface area contributed by atoms with Gasteiger partial charge in [-0.05, 0) is 57.0 Å². The quantitative estimate of drug-likeness (QED) is 0.311. The van der Waals surface area contributed by atoms with Gasteiger partial charge < -0.3 is 9.67 Å². The molecule has 0 bridgehead atoms. The van der Waals surface area contributed by atoms with Gasteiger partial charge in [-0.1, -0.05) is 23.4 Å². The number of nitrogens with zero attached hydrogens (tertiary/aromatic N) is 6.